The number of carbonyl (C=O) groups is 1. The molecule has 0 amide bonds. The summed E-state index contributed by atoms with van der Waals surface area (Å²) in [7, 11) is 0. The molecule has 0 aliphatic heterocycles. The van der Waals surface area contributed by atoms with E-state index in [-0.39, 0.29) is 5.56 Å². The van der Waals surface area contributed by atoms with Crippen molar-refractivity contribution in [1.29, 1.82) is 0 Å². The van der Waals surface area contributed by atoms with Crippen molar-refractivity contribution in [1.82, 2.24) is 0 Å². The van der Waals surface area contributed by atoms with Gasteiger partial charge in [-0.05, 0) is 17.2 Å². The van der Waals surface area contributed by atoms with Crippen LogP contribution in [0.15, 0.2) is 30.3 Å². The number of hydrogen-bond acceptors (Lipinski definition) is 2. The van der Waals surface area contributed by atoms with Crippen LogP contribution in [0, 0.1) is 0 Å². The first-order valence-electron chi connectivity index (χ1n) is 4.40. The van der Waals surface area contributed by atoms with Crippen LogP contribution in [0.2, 0.25) is 0 Å². The van der Waals surface area contributed by atoms with Crippen LogP contribution in [-0.4, -0.2) is 16.5 Å². The van der Waals surface area contributed by atoms with E-state index in [9.17, 15) is 13.6 Å². The Morgan fingerprint density at radius 1 is 1.38 bits per heavy atom. The lowest BCUT2D eigenvalue weighted by Gasteiger charge is -2.32. The third-order valence-corrected chi connectivity index (χ3v) is 2.56. The quantitative estimate of drug-likeness (QED) is 0.804. The average molecular weight is 250 g/mol. The van der Waals surface area contributed by atoms with Gasteiger partial charge < -0.3 is 10.8 Å². The van der Waals surface area contributed by atoms with Crippen molar-refractivity contribution in [2.75, 3.05) is 0 Å². The summed E-state index contributed by atoms with van der Waals surface area (Å²) < 4.78 is 26.4. The summed E-state index contributed by atoms with van der Waals surface area (Å²) in [6.45, 7) is 0. The van der Waals surface area contributed by atoms with Crippen LogP contribution in [-0.2, 0) is 10.3 Å². The minimum Gasteiger partial charge on any atom is -0.481 e. The van der Waals surface area contributed by atoms with E-state index in [0.717, 1.165) is 0 Å². The molecule has 0 radical (unpaired) electrons. The zero-order valence-corrected chi connectivity index (χ0v) is 8.92. The standard InChI is InChI=1S/C10H10ClF2NO2/c11-10(12,13)9(14,6-8(15)16)7-4-2-1-3-5-7/h1-5H,6,14H2,(H,15,16). The normalized spacial score (nSPS) is 15.5. The Bertz CT molecular complexity index is 380. The highest BCUT2D eigenvalue weighted by Gasteiger charge is 2.52. The van der Waals surface area contributed by atoms with Crippen LogP contribution < -0.4 is 5.73 Å². The van der Waals surface area contributed by atoms with E-state index in [0.29, 0.717) is 0 Å². The lowest BCUT2D eigenvalue weighted by atomic mass is 9.88. The molecule has 1 aromatic rings. The summed E-state index contributed by atoms with van der Waals surface area (Å²) in [6, 6.07) is 7.22. The zero-order valence-electron chi connectivity index (χ0n) is 8.16. The Morgan fingerprint density at radius 3 is 2.25 bits per heavy atom. The van der Waals surface area contributed by atoms with Crippen molar-refractivity contribution in [3.8, 4) is 0 Å². The average Bonchev–Trinajstić information content (AvgIpc) is 2.16. The molecule has 88 valence electrons. The monoisotopic (exact) mass is 249 g/mol. The number of benzene rings is 1. The second kappa shape index (κ2) is 4.35. The molecule has 0 fully saturated rings. The van der Waals surface area contributed by atoms with Crippen LogP contribution in [0.4, 0.5) is 8.78 Å². The first kappa shape index (κ1) is 12.9. The van der Waals surface area contributed by atoms with Crippen LogP contribution in [0.1, 0.15) is 12.0 Å². The largest absolute Gasteiger partial charge is 0.481 e. The molecule has 0 aliphatic rings. The van der Waals surface area contributed by atoms with Gasteiger partial charge in [0.1, 0.15) is 5.54 Å². The highest BCUT2D eigenvalue weighted by molar-refractivity contribution is 6.22. The maximum Gasteiger partial charge on any atom is 0.344 e. The fourth-order valence-corrected chi connectivity index (χ4v) is 1.52. The summed E-state index contributed by atoms with van der Waals surface area (Å²) in [5.41, 5.74) is 3.00. The summed E-state index contributed by atoms with van der Waals surface area (Å²) in [4.78, 5) is 10.6. The van der Waals surface area contributed by atoms with Crippen LogP contribution in [0.25, 0.3) is 0 Å². The molecular weight excluding hydrogens is 240 g/mol. The van der Waals surface area contributed by atoms with Crippen molar-refractivity contribution < 1.29 is 18.7 Å². The Balaban J connectivity index is 3.21. The molecule has 1 aromatic carbocycles. The van der Waals surface area contributed by atoms with Gasteiger partial charge >= 0.3 is 11.4 Å². The number of aliphatic carboxylic acids is 1. The molecule has 0 bridgehead atoms. The minimum absolute atomic E-state index is 0.0163. The highest BCUT2D eigenvalue weighted by atomic mass is 35.5. The first-order chi connectivity index (χ1) is 7.27. The molecule has 6 heteroatoms. The number of hydrogen-bond donors (Lipinski definition) is 2. The third kappa shape index (κ3) is 2.48. The van der Waals surface area contributed by atoms with Gasteiger partial charge in [0.25, 0.3) is 0 Å². The predicted octanol–water partition coefficient (Wildman–Crippen LogP) is 2.15. The predicted molar refractivity (Wildman–Crippen MR) is 55.4 cm³/mol. The summed E-state index contributed by atoms with van der Waals surface area (Å²) in [5.74, 6) is -1.44. The van der Waals surface area contributed by atoms with E-state index in [1.54, 1.807) is 6.07 Å². The number of nitrogens with two attached hydrogens (primary N) is 1. The summed E-state index contributed by atoms with van der Waals surface area (Å²) in [5, 5.41) is 4.76. The van der Waals surface area contributed by atoms with Gasteiger partial charge in [0, 0.05) is 0 Å². The van der Waals surface area contributed by atoms with Gasteiger partial charge in [-0.15, -0.1) is 0 Å². The molecule has 0 heterocycles. The zero-order chi connectivity index (χ0) is 12.4. The van der Waals surface area contributed by atoms with E-state index in [2.05, 4.69) is 0 Å². The molecule has 0 spiro atoms. The maximum atomic E-state index is 13.2. The van der Waals surface area contributed by atoms with Crippen molar-refractivity contribution in [2.24, 2.45) is 5.73 Å². The van der Waals surface area contributed by atoms with Crippen molar-refractivity contribution >= 4 is 17.6 Å². The number of carboxylic acid groups (broad SMARTS) is 1. The van der Waals surface area contributed by atoms with Crippen LogP contribution in [0.5, 0.6) is 0 Å². The Hall–Kier alpha value is -1.20. The maximum absolute atomic E-state index is 13.2. The summed E-state index contributed by atoms with van der Waals surface area (Å²) in [6.07, 6.45) is -0.951. The smallest absolute Gasteiger partial charge is 0.344 e. The minimum atomic E-state index is -3.84. The van der Waals surface area contributed by atoms with Gasteiger partial charge in [-0.3, -0.25) is 4.79 Å². The SMILES string of the molecule is NC(CC(=O)O)(c1ccccc1)C(F)(F)Cl. The van der Waals surface area contributed by atoms with Crippen molar-refractivity contribution in [3.05, 3.63) is 35.9 Å². The fraction of sp³-hybridized carbons (Fsp3) is 0.300. The lowest BCUT2D eigenvalue weighted by molar-refractivity contribution is -0.141. The molecule has 0 saturated heterocycles. The number of halogens is 3. The topological polar surface area (TPSA) is 63.3 Å². The van der Waals surface area contributed by atoms with E-state index >= 15 is 0 Å². The van der Waals surface area contributed by atoms with E-state index < -0.39 is 23.3 Å². The van der Waals surface area contributed by atoms with Crippen LogP contribution >= 0.6 is 11.6 Å². The fourth-order valence-electron chi connectivity index (χ4n) is 1.34. The molecule has 16 heavy (non-hydrogen) atoms. The number of rotatable bonds is 4. The van der Waals surface area contributed by atoms with Gasteiger partial charge in [0.05, 0.1) is 6.42 Å². The van der Waals surface area contributed by atoms with Gasteiger partial charge in [0.15, 0.2) is 0 Å². The molecule has 0 saturated carbocycles. The number of alkyl halides is 3. The molecule has 1 rings (SSSR count). The first-order valence-corrected chi connectivity index (χ1v) is 4.78. The lowest BCUT2D eigenvalue weighted by Crippen LogP contribution is -2.51. The van der Waals surface area contributed by atoms with Crippen molar-refractivity contribution in [3.63, 3.8) is 0 Å². The Morgan fingerprint density at radius 2 is 1.88 bits per heavy atom. The van der Waals surface area contributed by atoms with Crippen molar-refractivity contribution in [2.45, 2.75) is 17.3 Å². The van der Waals surface area contributed by atoms with Gasteiger partial charge in [-0.1, -0.05) is 30.3 Å². The Labute approximate surface area is 95.8 Å². The second-order valence-electron chi connectivity index (χ2n) is 3.41. The molecule has 1 atom stereocenters. The molecule has 0 aromatic heterocycles. The van der Waals surface area contributed by atoms with E-state index in [4.69, 9.17) is 22.4 Å². The van der Waals surface area contributed by atoms with Gasteiger partial charge in [-0.2, -0.15) is 8.78 Å². The molecule has 1 unspecified atom stereocenters. The van der Waals surface area contributed by atoms with E-state index in [1.807, 2.05) is 0 Å². The highest BCUT2D eigenvalue weighted by Crippen LogP contribution is 2.41. The van der Waals surface area contributed by atoms with E-state index in [1.165, 1.54) is 24.3 Å². The molecule has 0 aliphatic carbocycles. The third-order valence-electron chi connectivity index (χ3n) is 2.22. The van der Waals surface area contributed by atoms with Crippen LogP contribution in [0.3, 0.4) is 0 Å². The molecule has 3 nitrogen and oxygen atoms in total. The van der Waals surface area contributed by atoms with Gasteiger partial charge in [0.2, 0.25) is 0 Å². The number of carboxylic acids is 1. The van der Waals surface area contributed by atoms with Gasteiger partial charge in [-0.25, -0.2) is 0 Å². The molecular formula is C10H10ClF2NO2. The molecule has 3 N–H and O–H groups in total. The second-order valence-corrected chi connectivity index (χ2v) is 3.88. The Kier molecular flexibility index (Phi) is 3.50. The summed E-state index contributed by atoms with van der Waals surface area (Å²) >= 11 is 4.90.